The van der Waals surface area contributed by atoms with Gasteiger partial charge in [-0.05, 0) is 27.7 Å². The van der Waals surface area contributed by atoms with Gasteiger partial charge in [0.25, 0.3) is 5.56 Å². The molecule has 0 unspecified atom stereocenters. The molecule has 9 heteroatoms. The molecule has 0 amide bonds. The van der Waals surface area contributed by atoms with E-state index in [2.05, 4.69) is 20.9 Å². The zero-order valence-corrected chi connectivity index (χ0v) is 10.1. The highest BCUT2D eigenvalue weighted by Crippen LogP contribution is 2.29. The third kappa shape index (κ3) is 3.71. The van der Waals surface area contributed by atoms with Crippen molar-refractivity contribution in [2.45, 2.75) is 12.1 Å². The minimum absolute atomic E-state index is 0.101. The second-order valence-electron chi connectivity index (χ2n) is 2.69. The molecule has 0 aliphatic carbocycles. The molecule has 1 aromatic rings. The van der Waals surface area contributed by atoms with Gasteiger partial charge in [0.2, 0.25) is 0 Å². The smallest absolute Gasteiger partial charge is 0.313 e. The summed E-state index contributed by atoms with van der Waals surface area (Å²) in [7, 11) is 0. The van der Waals surface area contributed by atoms with Crippen LogP contribution >= 0.6 is 27.7 Å². The molecule has 1 rings (SSSR count). The quantitative estimate of drug-likeness (QED) is 0.920. The standard InChI is InChI=1S/C7H6BrF3N2O2S/c8-4-3-12-6(15)13(5(4)14)1-2-16-7(9,10)11/h3H,1-2H2,(H,12,15). The molecule has 0 spiro atoms. The fraction of sp³-hybridized carbons (Fsp3) is 0.429. The molecule has 1 aromatic heterocycles. The molecule has 0 bridgehead atoms. The number of H-pyrrole nitrogens is 1. The largest absolute Gasteiger partial charge is 0.441 e. The Morgan fingerprint density at radius 3 is 2.62 bits per heavy atom. The molecule has 90 valence electrons. The van der Waals surface area contributed by atoms with Crippen molar-refractivity contribution >= 4 is 27.7 Å². The number of thioether (sulfide) groups is 1. The summed E-state index contributed by atoms with van der Waals surface area (Å²) in [6.45, 7) is -0.294. The van der Waals surface area contributed by atoms with E-state index < -0.39 is 16.8 Å². The molecule has 0 radical (unpaired) electrons. The van der Waals surface area contributed by atoms with Crippen molar-refractivity contribution < 1.29 is 13.2 Å². The van der Waals surface area contributed by atoms with Crippen molar-refractivity contribution in [1.82, 2.24) is 9.55 Å². The fourth-order valence-corrected chi connectivity index (χ4v) is 1.78. The lowest BCUT2D eigenvalue weighted by atomic mass is 10.6. The minimum Gasteiger partial charge on any atom is -0.313 e. The Kier molecular flexibility index (Phi) is 4.25. The van der Waals surface area contributed by atoms with E-state index in [1.54, 1.807) is 0 Å². The molecule has 0 aromatic carbocycles. The second-order valence-corrected chi connectivity index (χ2v) is 4.71. The van der Waals surface area contributed by atoms with Crippen LogP contribution in [0.5, 0.6) is 0 Å². The van der Waals surface area contributed by atoms with Crippen molar-refractivity contribution in [3.63, 3.8) is 0 Å². The molecule has 0 saturated carbocycles. The molecule has 4 nitrogen and oxygen atoms in total. The monoisotopic (exact) mass is 318 g/mol. The second kappa shape index (κ2) is 5.09. The van der Waals surface area contributed by atoms with Crippen LogP contribution in [0.1, 0.15) is 0 Å². The highest BCUT2D eigenvalue weighted by Gasteiger charge is 2.27. The number of nitrogens with zero attached hydrogens (tertiary/aromatic N) is 1. The maximum Gasteiger partial charge on any atom is 0.441 e. The normalized spacial score (nSPS) is 11.8. The van der Waals surface area contributed by atoms with Crippen molar-refractivity contribution in [3.8, 4) is 0 Å². The number of halogens is 4. The third-order valence-corrected chi connectivity index (χ3v) is 2.88. The summed E-state index contributed by atoms with van der Waals surface area (Å²) in [5.41, 5.74) is -5.73. The zero-order chi connectivity index (χ0) is 12.3. The van der Waals surface area contributed by atoms with Crippen LogP contribution in [-0.4, -0.2) is 20.8 Å². The first-order chi connectivity index (χ1) is 7.31. The van der Waals surface area contributed by atoms with Crippen LogP contribution in [0.3, 0.4) is 0 Å². The Hall–Kier alpha value is -0.700. The number of alkyl halides is 3. The summed E-state index contributed by atoms with van der Waals surface area (Å²) in [4.78, 5) is 24.7. The van der Waals surface area contributed by atoms with Crippen LogP contribution in [0.15, 0.2) is 20.3 Å². The molecule has 0 saturated heterocycles. The lowest BCUT2D eigenvalue weighted by Gasteiger charge is -2.06. The summed E-state index contributed by atoms with van der Waals surface area (Å²) >= 11 is 2.60. The van der Waals surface area contributed by atoms with Crippen LogP contribution in [0.25, 0.3) is 0 Å². The number of hydrogen-bond acceptors (Lipinski definition) is 3. The van der Waals surface area contributed by atoms with Crippen LogP contribution in [-0.2, 0) is 6.54 Å². The Morgan fingerprint density at radius 2 is 2.06 bits per heavy atom. The van der Waals surface area contributed by atoms with Gasteiger partial charge in [-0.2, -0.15) is 13.2 Å². The lowest BCUT2D eigenvalue weighted by molar-refractivity contribution is -0.0328. The first-order valence-electron chi connectivity index (χ1n) is 4.00. The van der Waals surface area contributed by atoms with Gasteiger partial charge in [-0.1, -0.05) is 0 Å². The molecule has 1 heterocycles. The van der Waals surface area contributed by atoms with E-state index in [0.717, 1.165) is 6.20 Å². The summed E-state index contributed by atoms with van der Waals surface area (Å²) in [6, 6.07) is 0. The van der Waals surface area contributed by atoms with E-state index in [0.29, 0.717) is 4.57 Å². The first-order valence-corrected chi connectivity index (χ1v) is 5.78. The maximum atomic E-state index is 11.8. The number of aromatic amines is 1. The van der Waals surface area contributed by atoms with E-state index in [4.69, 9.17) is 0 Å². The van der Waals surface area contributed by atoms with E-state index in [-0.39, 0.29) is 28.5 Å². The molecule has 0 aliphatic rings. The molecular formula is C7H6BrF3N2O2S. The average Bonchev–Trinajstić information content (AvgIpc) is 2.16. The van der Waals surface area contributed by atoms with Gasteiger partial charge in [0.15, 0.2) is 0 Å². The fourth-order valence-electron chi connectivity index (χ4n) is 0.942. The maximum absolute atomic E-state index is 11.8. The van der Waals surface area contributed by atoms with Gasteiger partial charge in [0.05, 0.1) is 4.47 Å². The van der Waals surface area contributed by atoms with Gasteiger partial charge in [0.1, 0.15) is 0 Å². The topological polar surface area (TPSA) is 54.9 Å². The Morgan fingerprint density at radius 1 is 1.44 bits per heavy atom. The van der Waals surface area contributed by atoms with Crippen molar-refractivity contribution in [2.75, 3.05) is 5.75 Å². The predicted octanol–water partition coefficient (Wildman–Crippen LogP) is 1.55. The van der Waals surface area contributed by atoms with Gasteiger partial charge in [-0.25, -0.2) is 4.79 Å². The molecule has 1 N–H and O–H groups in total. The molecular weight excluding hydrogens is 313 g/mol. The first kappa shape index (κ1) is 13.4. The van der Waals surface area contributed by atoms with Crippen LogP contribution < -0.4 is 11.2 Å². The van der Waals surface area contributed by atoms with Crippen LogP contribution in [0.4, 0.5) is 13.2 Å². The lowest BCUT2D eigenvalue weighted by Crippen LogP contribution is -2.35. The Bertz CT molecular complexity index is 482. The van der Waals surface area contributed by atoms with Gasteiger partial charge in [0, 0.05) is 18.5 Å². The summed E-state index contributed by atoms with van der Waals surface area (Å²) in [6.07, 6.45) is 1.15. The zero-order valence-electron chi connectivity index (χ0n) is 7.68. The van der Waals surface area contributed by atoms with Gasteiger partial charge >= 0.3 is 11.2 Å². The molecule has 0 atom stereocenters. The number of nitrogens with one attached hydrogen (secondary N) is 1. The van der Waals surface area contributed by atoms with Crippen LogP contribution in [0, 0.1) is 0 Å². The molecule has 0 aliphatic heterocycles. The van der Waals surface area contributed by atoms with E-state index >= 15 is 0 Å². The summed E-state index contributed by atoms with van der Waals surface area (Å²) in [5.74, 6) is -0.386. The summed E-state index contributed by atoms with van der Waals surface area (Å²) in [5, 5.41) is 0. The Balaban J connectivity index is 2.79. The Labute approximate surface area is 100.0 Å². The number of rotatable bonds is 3. The predicted molar refractivity (Wildman–Crippen MR) is 57.5 cm³/mol. The highest BCUT2D eigenvalue weighted by atomic mass is 79.9. The van der Waals surface area contributed by atoms with E-state index in [1.807, 2.05) is 0 Å². The van der Waals surface area contributed by atoms with Crippen molar-refractivity contribution in [1.29, 1.82) is 0 Å². The van der Waals surface area contributed by atoms with Crippen LogP contribution in [0.2, 0.25) is 0 Å². The van der Waals surface area contributed by atoms with Crippen molar-refractivity contribution in [2.24, 2.45) is 0 Å². The SMILES string of the molecule is O=c1[nH]cc(Br)c(=O)n1CCSC(F)(F)F. The number of aromatic nitrogens is 2. The van der Waals surface area contributed by atoms with Gasteiger partial charge < -0.3 is 4.98 Å². The molecule has 0 fully saturated rings. The van der Waals surface area contributed by atoms with E-state index in [9.17, 15) is 22.8 Å². The van der Waals surface area contributed by atoms with Gasteiger partial charge in [-0.15, -0.1) is 0 Å². The highest BCUT2D eigenvalue weighted by molar-refractivity contribution is 9.10. The van der Waals surface area contributed by atoms with E-state index in [1.165, 1.54) is 0 Å². The minimum atomic E-state index is -4.36. The number of hydrogen-bond donors (Lipinski definition) is 1. The van der Waals surface area contributed by atoms with Gasteiger partial charge in [-0.3, -0.25) is 9.36 Å². The third-order valence-electron chi connectivity index (χ3n) is 1.60. The summed E-state index contributed by atoms with van der Waals surface area (Å²) < 4.78 is 36.3. The average molecular weight is 319 g/mol. The molecule has 16 heavy (non-hydrogen) atoms. The van der Waals surface area contributed by atoms with Crippen molar-refractivity contribution in [3.05, 3.63) is 31.5 Å².